The number of nitrogens with zero attached hydrogens (tertiary/aromatic N) is 1. The van der Waals surface area contributed by atoms with Gasteiger partial charge < -0.3 is 20.4 Å². The molecule has 2 amide bonds. The minimum absolute atomic E-state index is 0.237. The van der Waals surface area contributed by atoms with Gasteiger partial charge in [0.1, 0.15) is 0 Å². The Morgan fingerprint density at radius 2 is 1.85 bits per heavy atom. The van der Waals surface area contributed by atoms with Crippen LogP contribution < -0.4 is 5.32 Å². The number of hydrogen-bond donors (Lipinski definition) is 3. The number of rotatable bonds is 3. The summed E-state index contributed by atoms with van der Waals surface area (Å²) in [5.41, 5.74) is 0. The molecule has 2 fully saturated rings. The number of likely N-dealkylation sites (tertiary alicyclic amines) is 1. The fraction of sp³-hybridized carbons (Fsp3) is 0.857. The number of urea groups is 1. The molecule has 6 nitrogen and oxygen atoms in total. The third kappa shape index (κ3) is 3.23. The number of amides is 2. The topological polar surface area (TPSA) is 89.9 Å². The minimum atomic E-state index is -1.24. The van der Waals surface area contributed by atoms with Crippen molar-refractivity contribution >= 4 is 12.0 Å². The van der Waals surface area contributed by atoms with Gasteiger partial charge in [-0.05, 0) is 38.5 Å². The van der Waals surface area contributed by atoms with E-state index in [-0.39, 0.29) is 12.1 Å². The van der Waals surface area contributed by atoms with Gasteiger partial charge in [-0.1, -0.05) is 12.8 Å². The quantitative estimate of drug-likeness (QED) is 0.726. The van der Waals surface area contributed by atoms with E-state index >= 15 is 0 Å². The summed E-state index contributed by atoms with van der Waals surface area (Å²) in [6.07, 6.45) is 5.54. The Labute approximate surface area is 119 Å². The van der Waals surface area contributed by atoms with E-state index in [1.54, 1.807) is 4.90 Å². The number of hydrogen-bond acceptors (Lipinski definition) is 3. The Morgan fingerprint density at radius 1 is 1.20 bits per heavy atom. The number of aliphatic carboxylic acids is 1. The molecule has 6 heteroatoms. The number of aliphatic hydroxyl groups is 1. The lowest BCUT2D eigenvalue weighted by molar-refractivity contribution is -0.141. The second kappa shape index (κ2) is 6.43. The first-order chi connectivity index (χ1) is 9.50. The molecule has 1 saturated heterocycles. The van der Waals surface area contributed by atoms with Crippen molar-refractivity contribution in [3.8, 4) is 0 Å². The molecule has 1 heterocycles. The van der Waals surface area contributed by atoms with Gasteiger partial charge in [0.05, 0.1) is 6.10 Å². The van der Waals surface area contributed by atoms with Crippen LogP contribution in [0.25, 0.3) is 0 Å². The van der Waals surface area contributed by atoms with Crippen molar-refractivity contribution in [2.45, 2.75) is 63.6 Å². The van der Waals surface area contributed by atoms with Crippen LogP contribution in [0, 0.1) is 5.92 Å². The molecule has 3 N–H and O–H groups in total. The number of carbonyl (C=O) groups is 2. The van der Waals surface area contributed by atoms with Crippen molar-refractivity contribution in [2.24, 2.45) is 5.92 Å². The van der Waals surface area contributed by atoms with E-state index in [2.05, 4.69) is 5.32 Å². The van der Waals surface area contributed by atoms with E-state index in [4.69, 9.17) is 5.11 Å². The van der Waals surface area contributed by atoms with Gasteiger partial charge in [0, 0.05) is 12.6 Å². The Balaban J connectivity index is 2.01. The van der Waals surface area contributed by atoms with Gasteiger partial charge in [0.25, 0.3) is 0 Å². The number of carboxylic acids is 1. The van der Waals surface area contributed by atoms with Crippen LogP contribution in [-0.4, -0.2) is 51.8 Å². The lowest BCUT2D eigenvalue weighted by Crippen LogP contribution is -2.57. The maximum atomic E-state index is 12.3. The lowest BCUT2D eigenvalue weighted by Gasteiger charge is -2.44. The highest BCUT2D eigenvalue weighted by Crippen LogP contribution is 2.35. The summed E-state index contributed by atoms with van der Waals surface area (Å²) in [7, 11) is 0. The number of aliphatic hydroxyl groups excluding tert-OH is 1. The summed E-state index contributed by atoms with van der Waals surface area (Å²) in [4.78, 5) is 25.1. The van der Waals surface area contributed by atoms with Crippen LogP contribution in [0.1, 0.15) is 45.4 Å². The van der Waals surface area contributed by atoms with Gasteiger partial charge in [-0.25, -0.2) is 9.59 Å². The number of fused-ring (bicyclic) bond motifs is 1. The summed E-state index contributed by atoms with van der Waals surface area (Å²) in [6, 6.07) is -1.36. The van der Waals surface area contributed by atoms with E-state index in [0.29, 0.717) is 12.5 Å². The van der Waals surface area contributed by atoms with Crippen molar-refractivity contribution in [3.63, 3.8) is 0 Å². The monoisotopic (exact) mass is 284 g/mol. The number of nitrogens with one attached hydrogen (secondary N) is 1. The molecule has 0 aromatic heterocycles. The summed E-state index contributed by atoms with van der Waals surface area (Å²) in [5, 5.41) is 20.9. The predicted molar refractivity (Wildman–Crippen MR) is 73.3 cm³/mol. The van der Waals surface area contributed by atoms with Crippen LogP contribution in [-0.2, 0) is 4.79 Å². The molecule has 20 heavy (non-hydrogen) atoms. The van der Waals surface area contributed by atoms with Crippen molar-refractivity contribution in [2.75, 3.05) is 6.54 Å². The van der Waals surface area contributed by atoms with E-state index in [1.807, 2.05) is 0 Å². The molecule has 0 aromatic rings. The lowest BCUT2D eigenvalue weighted by atomic mass is 9.78. The molecule has 4 unspecified atom stereocenters. The van der Waals surface area contributed by atoms with Crippen LogP contribution in [0.5, 0.6) is 0 Å². The summed E-state index contributed by atoms with van der Waals surface area (Å²) < 4.78 is 0. The Bertz CT molecular complexity index is 370. The smallest absolute Gasteiger partial charge is 0.328 e. The number of carboxylic acid groups (broad SMARTS) is 1. The summed E-state index contributed by atoms with van der Waals surface area (Å²) >= 11 is 0. The van der Waals surface area contributed by atoms with Crippen molar-refractivity contribution < 1.29 is 19.8 Å². The Morgan fingerprint density at radius 3 is 2.50 bits per heavy atom. The fourth-order valence-electron chi connectivity index (χ4n) is 3.48. The van der Waals surface area contributed by atoms with Crippen LogP contribution in [0.15, 0.2) is 0 Å². The Kier molecular flexibility index (Phi) is 4.86. The molecular weight excluding hydrogens is 260 g/mol. The second-order valence-electron chi connectivity index (χ2n) is 5.95. The highest BCUT2D eigenvalue weighted by Gasteiger charge is 2.37. The highest BCUT2D eigenvalue weighted by atomic mass is 16.4. The number of carbonyl (C=O) groups excluding carboxylic acids is 1. The van der Waals surface area contributed by atoms with Gasteiger partial charge in [-0.2, -0.15) is 0 Å². The molecule has 0 radical (unpaired) electrons. The molecule has 1 aliphatic carbocycles. The molecule has 1 saturated carbocycles. The molecule has 2 rings (SSSR count). The maximum absolute atomic E-state index is 12.3. The SMILES string of the molecule is CC(O)C(NC(=O)N1CCCC2CCCCC21)C(=O)O. The molecular formula is C14H24N2O4. The maximum Gasteiger partial charge on any atom is 0.328 e. The van der Waals surface area contributed by atoms with E-state index < -0.39 is 18.1 Å². The zero-order valence-corrected chi connectivity index (χ0v) is 11.9. The van der Waals surface area contributed by atoms with E-state index in [1.165, 1.54) is 13.3 Å². The molecule has 0 bridgehead atoms. The largest absolute Gasteiger partial charge is 0.480 e. The van der Waals surface area contributed by atoms with Gasteiger partial charge in [-0.3, -0.25) is 0 Å². The van der Waals surface area contributed by atoms with Crippen molar-refractivity contribution in [3.05, 3.63) is 0 Å². The first kappa shape index (κ1) is 15.1. The van der Waals surface area contributed by atoms with Crippen molar-refractivity contribution in [1.29, 1.82) is 0 Å². The van der Waals surface area contributed by atoms with Gasteiger partial charge in [0.15, 0.2) is 6.04 Å². The average Bonchev–Trinajstić information content (AvgIpc) is 2.43. The zero-order chi connectivity index (χ0) is 14.7. The summed E-state index contributed by atoms with van der Waals surface area (Å²) in [5.74, 6) is -0.649. The predicted octanol–water partition coefficient (Wildman–Crippen LogP) is 1.18. The van der Waals surface area contributed by atoms with Crippen LogP contribution in [0.3, 0.4) is 0 Å². The molecule has 0 spiro atoms. The third-order valence-electron chi connectivity index (χ3n) is 4.53. The molecule has 0 aromatic carbocycles. The molecule has 4 atom stereocenters. The first-order valence-corrected chi connectivity index (χ1v) is 7.48. The van der Waals surface area contributed by atoms with Crippen LogP contribution in [0.4, 0.5) is 4.79 Å². The summed E-state index contributed by atoms with van der Waals surface area (Å²) in [6.45, 7) is 2.05. The third-order valence-corrected chi connectivity index (χ3v) is 4.53. The van der Waals surface area contributed by atoms with E-state index in [0.717, 1.165) is 32.1 Å². The first-order valence-electron chi connectivity index (χ1n) is 7.48. The standard InChI is InChI=1S/C14H24N2O4/c1-9(17)12(13(18)19)15-14(20)16-8-4-6-10-5-2-3-7-11(10)16/h9-12,17H,2-8H2,1H3,(H,15,20)(H,18,19). The van der Waals surface area contributed by atoms with Gasteiger partial charge >= 0.3 is 12.0 Å². The molecule has 2 aliphatic rings. The zero-order valence-electron chi connectivity index (χ0n) is 11.9. The van der Waals surface area contributed by atoms with Crippen LogP contribution in [0.2, 0.25) is 0 Å². The van der Waals surface area contributed by atoms with Crippen LogP contribution >= 0.6 is 0 Å². The molecule has 114 valence electrons. The highest BCUT2D eigenvalue weighted by molar-refractivity contribution is 5.83. The normalized spacial score (nSPS) is 29.2. The minimum Gasteiger partial charge on any atom is -0.480 e. The van der Waals surface area contributed by atoms with Gasteiger partial charge in [-0.15, -0.1) is 0 Å². The molecule has 1 aliphatic heterocycles. The van der Waals surface area contributed by atoms with Crippen molar-refractivity contribution in [1.82, 2.24) is 10.2 Å². The average molecular weight is 284 g/mol. The second-order valence-corrected chi connectivity index (χ2v) is 5.95. The van der Waals surface area contributed by atoms with Gasteiger partial charge in [0.2, 0.25) is 0 Å². The number of piperidine rings is 1. The fourth-order valence-corrected chi connectivity index (χ4v) is 3.48. The van der Waals surface area contributed by atoms with E-state index in [9.17, 15) is 14.7 Å². The Hall–Kier alpha value is -1.30.